The monoisotopic (exact) mass is 188 g/mol. The third-order valence-corrected chi connectivity index (χ3v) is 2.93. The van der Waals surface area contributed by atoms with Gasteiger partial charge in [0.2, 0.25) is 0 Å². The molecule has 0 saturated carbocycles. The van der Waals surface area contributed by atoms with Crippen molar-refractivity contribution in [1.82, 2.24) is 0 Å². The Kier molecular flexibility index (Phi) is 9.40. The lowest BCUT2D eigenvalue weighted by Crippen LogP contribution is -2.03. The molecule has 0 spiro atoms. The number of hydrogen-bond acceptors (Lipinski definition) is 1. The van der Waals surface area contributed by atoms with Gasteiger partial charge in [0.05, 0.1) is 0 Å². The molecule has 0 radical (unpaired) electrons. The summed E-state index contributed by atoms with van der Waals surface area (Å²) in [5.74, 6) is 0.922. The molecular formula is C10H24OSi. The van der Waals surface area contributed by atoms with Crippen LogP contribution in [0.15, 0.2) is 0 Å². The normalized spacial score (nSPS) is 13.5. The van der Waals surface area contributed by atoms with E-state index in [0.29, 0.717) is 0 Å². The van der Waals surface area contributed by atoms with E-state index in [0.717, 1.165) is 23.0 Å². The number of rotatable bonds is 8. The van der Waals surface area contributed by atoms with Gasteiger partial charge in [-0.15, -0.1) is 0 Å². The van der Waals surface area contributed by atoms with Gasteiger partial charge in [0.25, 0.3) is 0 Å². The Morgan fingerprint density at radius 2 is 1.92 bits per heavy atom. The molecule has 0 aliphatic rings. The van der Waals surface area contributed by atoms with Crippen LogP contribution in [-0.4, -0.2) is 17.1 Å². The highest BCUT2D eigenvalue weighted by Crippen LogP contribution is 2.16. The largest absolute Gasteiger partial charge is 0.428 e. The van der Waals surface area contributed by atoms with E-state index in [-0.39, 0.29) is 0 Å². The van der Waals surface area contributed by atoms with E-state index in [4.69, 9.17) is 4.43 Å². The standard InChI is InChI=1S/C10H24OSi/c1-3-5-6-7-10(4-2)8-9-11-12/h10H,3-9H2,1-2,12H3. The molecule has 0 saturated heterocycles. The summed E-state index contributed by atoms with van der Waals surface area (Å²) in [6, 6.07) is 0. The van der Waals surface area contributed by atoms with E-state index in [1.807, 2.05) is 0 Å². The van der Waals surface area contributed by atoms with Crippen LogP contribution >= 0.6 is 0 Å². The van der Waals surface area contributed by atoms with Crippen LogP contribution in [0.2, 0.25) is 0 Å². The van der Waals surface area contributed by atoms with Crippen molar-refractivity contribution in [3.63, 3.8) is 0 Å². The van der Waals surface area contributed by atoms with E-state index in [1.165, 1.54) is 38.5 Å². The van der Waals surface area contributed by atoms with Crippen LogP contribution in [-0.2, 0) is 4.43 Å². The van der Waals surface area contributed by atoms with E-state index in [9.17, 15) is 0 Å². The molecule has 1 unspecified atom stereocenters. The van der Waals surface area contributed by atoms with Crippen LogP contribution < -0.4 is 0 Å². The summed E-state index contributed by atoms with van der Waals surface area (Å²) >= 11 is 0. The smallest absolute Gasteiger partial charge is 0.145 e. The molecule has 0 heterocycles. The minimum atomic E-state index is 0.903. The van der Waals surface area contributed by atoms with Crippen molar-refractivity contribution in [3.8, 4) is 0 Å². The van der Waals surface area contributed by atoms with Crippen LogP contribution in [0.3, 0.4) is 0 Å². The lowest BCUT2D eigenvalue weighted by molar-refractivity contribution is 0.285. The van der Waals surface area contributed by atoms with Crippen molar-refractivity contribution in [3.05, 3.63) is 0 Å². The van der Waals surface area contributed by atoms with Crippen molar-refractivity contribution in [1.29, 1.82) is 0 Å². The van der Waals surface area contributed by atoms with Gasteiger partial charge < -0.3 is 4.43 Å². The molecule has 2 heteroatoms. The fraction of sp³-hybridized carbons (Fsp3) is 1.00. The van der Waals surface area contributed by atoms with Gasteiger partial charge in [-0.1, -0.05) is 46.0 Å². The molecule has 0 aromatic carbocycles. The van der Waals surface area contributed by atoms with Gasteiger partial charge in [-0.2, -0.15) is 0 Å². The van der Waals surface area contributed by atoms with Crippen LogP contribution in [0.5, 0.6) is 0 Å². The van der Waals surface area contributed by atoms with Crippen molar-refractivity contribution >= 4 is 10.5 Å². The topological polar surface area (TPSA) is 9.23 Å². The predicted molar refractivity (Wildman–Crippen MR) is 58.4 cm³/mol. The molecular weight excluding hydrogens is 164 g/mol. The molecule has 0 bridgehead atoms. The Morgan fingerprint density at radius 1 is 1.17 bits per heavy atom. The van der Waals surface area contributed by atoms with Crippen molar-refractivity contribution in [2.75, 3.05) is 6.61 Å². The van der Waals surface area contributed by atoms with E-state index < -0.39 is 0 Å². The Hall–Kier alpha value is 0.177. The second kappa shape index (κ2) is 9.27. The lowest BCUT2D eigenvalue weighted by atomic mass is 9.96. The zero-order chi connectivity index (χ0) is 9.23. The maximum atomic E-state index is 5.22. The zero-order valence-electron chi connectivity index (χ0n) is 8.94. The third kappa shape index (κ3) is 6.86. The van der Waals surface area contributed by atoms with Gasteiger partial charge >= 0.3 is 0 Å². The lowest BCUT2D eigenvalue weighted by Gasteiger charge is -2.13. The first kappa shape index (κ1) is 12.2. The number of unbranched alkanes of at least 4 members (excludes halogenated alkanes) is 2. The summed E-state index contributed by atoms with van der Waals surface area (Å²) in [7, 11) is 0.903. The highest BCUT2D eigenvalue weighted by atomic mass is 28.2. The fourth-order valence-electron chi connectivity index (χ4n) is 1.52. The first-order valence-electron chi connectivity index (χ1n) is 5.34. The van der Waals surface area contributed by atoms with Crippen molar-refractivity contribution in [2.45, 2.75) is 52.4 Å². The van der Waals surface area contributed by atoms with E-state index >= 15 is 0 Å². The molecule has 0 amide bonds. The maximum absolute atomic E-state index is 5.22. The molecule has 0 aliphatic heterocycles. The van der Waals surface area contributed by atoms with Crippen LogP contribution in [0.4, 0.5) is 0 Å². The maximum Gasteiger partial charge on any atom is 0.145 e. The fourth-order valence-corrected chi connectivity index (χ4v) is 1.76. The third-order valence-electron chi connectivity index (χ3n) is 2.52. The number of hydrogen-bond donors (Lipinski definition) is 0. The first-order valence-corrected chi connectivity index (χ1v) is 6.15. The average Bonchev–Trinajstić information content (AvgIpc) is 2.11. The SMILES string of the molecule is CCCCCC(CC)CCO[SiH3]. The second-order valence-electron chi connectivity index (χ2n) is 3.55. The van der Waals surface area contributed by atoms with Gasteiger partial charge in [-0.25, -0.2) is 0 Å². The quantitative estimate of drug-likeness (QED) is 0.419. The van der Waals surface area contributed by atoms with E-state index in [2.05, 4.69) is 13.8 Å². The van der Waals surface area contributed by atoms with Crippen LogP contribution in [0, 0.1) is 5.92 Å². The molecule has 1 nitrogen and oxygen atoms in total. The molecule has 0 rings (SSSR count). The molecule has 0 aromatic heterocycles. The first-order chi connectivity index (χ1) is 5.85. The van der Waals surface area contributed by atoms with Gasteiger partial charge in [0.1, 0.15) is 10.5 Å². The van der Waals surface area contributed by atoms with Crippen molar-refractivity contribution < 1.29 is 4.43 Å². The minimum Gasteiger partial charge on any atom is -0.428 e. The molecule has 74 valence electrons. The second-order valence-corrected chi connectivity index (χ2v) is 4.13. The van der Waals surface area contributed by atoms with Gasteiger partial charge in [0, 0.05) is 6.61 Å². The molecule has 0 aliphatic carbocycles. The minimum absolute atomic E-state index is 0.903. The molecule has 0 aromatic rings. The molecule has 12 heavy (non-hydrogen) atoms. The summed E-state index contributed by atoms with van der Waals surface area (Å²) in [4.78, 5) is 0. The summed E-state index contributed by atoms with van der Waals surface area (Å²) in [5, 5.41) is 0. The Balaban J connectivity index is 3.26. The van der Waals surface area contributed by atoms with Crippen LogP contribution in [0.1, 0.15) is 52.4 Å². The Bertz CT molecular complexity index is 85.9. The predicted octanol–water partition coefficient (Wildman–Crippen LogP) is 2.28. The summed E-state index contributed by atoms with van der Waals surface area (Å²) in [6.07, 6.45) is 8.18. The average molecular weight is 188 g/mol. The highest BCUT2D eigenvalue weighted by Gasteiger charge is 2.04. The zero-order valence-corrected chi connectivity index (χ0v) is 10.9. The van der Waals surface area contributed by atoms with Gasteiger partial charge in [0.15, 0.2) is 0 Å². The Labute approximate surface area is 80.4 Å². The van der Waals surface area contributed by atoms with Gasteiger partial charge in [-0.05, 0) is 12.3 Å². The Morgan fingerprint density at radius 3 is 2.42 bits per heavy atom. The summed E-state index contributed by atoms with van der Waals surface area (Å²) < 4.78 is 5.22. The summed E-state index contributed by atoms with van der Waals surface area (Å²) in [5.41, 5.74) is 0. The molecule has 1 atom stereocenters. The van der Waals surface area contributed by atoms with E-state index in [1.54, 1.807) is 0 Å². The van der Waals surface area contributed by atoms with Crippen LogP contribution in [0.25, 0.3) is 0 Å². The summed E-state index contributed by atoms with van der Waals surface area (Å²) in [6.45, 7) is 5.56. The highest BCUT2D eigenvalue weighted by molar-refractivity contribution is 5.97. The molecule has 0 N–H and O–H groups in total. The van der Waals surface area contributed by atoms with Gasteiger partial charge in [-0.3, -0.25) is 0 Å². The molecule has 0 fully saturated rings. The van der Waals surface area contributed by atoms with Crippen molar-refractivity contribution in [2.24, 2.45) is 5.92 Å².